The Labute approximate surface area is 108 Å². The number of ether oxygens (including phenoxy) is 1. The summed E-state index contributed by atoms with van der Waals surface area (Å²) in [7, 11) is 1.62. The van der Waals surface area contributed by atoms with Gasteiger partial charge in [0, 0.05) is 12.7 Å². The molecule has 0 spiro atoms. The van der Waals surface area contributed by atoms with Crippen molar-refractivity contribution >= 4 is 5.91 Å². The number of rotatable bonds is 6. The van der Waals surface area contributed by atoms with Crippen LogP contribution < -0.4 is 5.32 Å². The Morgan fingerprint density at radius 1 is 1.39 bits per heavy atom. The molecule has 0 radical (unpaired) electrons. The molecule has 0 aromatic heterocycles. The van der Waals surface area contributed by atoms with E-state index < -0.39 is 0 Å². The van der Waals surface area contributed by atoms with Crippen LogP contribution in [-0.2, 0) is 16.0 Å². The average Bonchev–Trinajstić information content (AvgIpc) is 2.31. The maximum atomic E-state index is 11.9. The third-order valence-corrected chi connectivity index (χ3v) is 2.84. The van der Waals surface area contributed by atoms with Crippen molar-refractivity contribution in [2.24, 2.45) is 5.92 Å². The normalized spacial score (nSPS) is 12.4. The number of hydrogen-bond acceptors (Lipinski definition) is 3. The number of para-hydroxylation sites is 1. The largest absolute Gasteiger partial charge is 0.508 e. The van der Waals surface area contributed by atoms with Crippen LogP contribution in [0.15, 0.2) is 24.3 Å². The van der Waals surface area contributed by atoms with Crippen LogP contribution in [0, 0.1) is 5.92 Å². The molecule has 100 valence electrons. The van der Waals surface area contributed by atoms with E-state index in [1.807, 2.05) is 13.8 Å². The molecule has 1 aromatic carbocycles. The number of aromatic hydroxyl groups is 1. The maximum absolute atomic E-state index is 11.9. The van der Waals surface area contributed by atoms with Gasteiger partial charge in [0.25, 0.3) is 0 Å². The first-order chi connectivity index (χ1) is 8.54. The number of phenols is 1. The summed E-state index contributed by atoms with van der Waals surface area (Å²) < 4.78 is 5.08. The highest BCUT2D eigenvalue weighted by Crippen LogP contribution is 2.16. The van der Waals surface area contributed by atoms with Crippen LogP contribution in [0.2, 0.25) is 0 Å². The average molecular weight is 251 g/mol. The summed E-state index contributed by atoms with van der Waals surface area (Å²) >= 11 is 0. The molecule has 0 heterocycles. The van der Waals surface area contributed by atoms with Crippen LogP contribution in [0.1, 0.15) is 19.4 Å². The highest BCUT2D eigenvalue weighted by molar-refractivity contribution is 5.79. The Kier molecular flexibility index (Phi) is 5.65. The summed E-state index contributed by atoms with van der Waals surface area (Å²) in [5, 5.41) is 12.5. The second-order valence-corrected chi connectivity index (χ2v) is 4.68. The van der Waals surface area contributed by atoms with E-state index in [9.17, 15) is 9.90 Å². The summed E-state index contributed by atoms with van der Waals surface area (Å²) in [4.78, 5) is 11.9. The first-order valence-electron chi connectivity index (χ1n) is 6.09. The van der Waals surface area contributed by atoms with Crippen molar-refractivity contribution in [2.45, 2.75) is 26.3 Å². The van der Waals surface area contributed by atoms with E-state index >= 15 is 0 Å². The molecule has 0 saturated heterocycles. The second kappa shape index (κ2) is 7.01. The zero-order valence-corrected chi connectivity index (χ0v) is 11.1. The number of carbonyl (C=O) groups is 1. The molecule has 1 unspecified atom stereocenters. The van der Waals surface area contributed by atoms with Gasteiger partial charge in [0.05, 0.1) is 19.1 Å². The number of amides is 1. The van der Waals surface area contributed by atoms with Gasteiger partial charge in [-0.3, -0.25) is 4.79 Å². The Morgan fingerprint density at radius 2 is 2.06 bits per heavy atom. The molecule has 1 rings (SSSR count). The quantitative estimate of drug-likeness (QED) is 0.809. The predicted octanol–water partition coefficient (Wildman–Crippen LogP) is 1.72. The van der Waals surface area contributed by atoms with Gasteiger partial charge < -0.3 is 15.2 Å². The van der Waals surface area contributed by atoms with E-state index in [2.05, 4.69) is 5.32 Å². The van der Waals surface area contributed by atoms with Crippen molar-refractivity contribution in [3.8, 4) is 5.75 Å². The van der Waals surface area contributed by atoms with Crippen molar-refractivity contribution in [1.29, 1.82) is 0 Å². The SMILES string of the molecule is COCC(NC(=O)Cc1ccccc1O)C(C)C. The zero-order valence-electron chi connectivity index (χ0n) is 11.1. The molecule has 4 nitrogen and oxygen atoms in total. The lowest BCUT2D eigenvalue weighted by atomic mass is 10.0. The van der Waals surface area contributed by atoms with Crippen molar-refractivity contribution in [2.75, 3.05) is 13.7 Å². The first kappa shape index (κ1) is 14.5. The lowest BCUT2D eigenvalue weighted by molar-refractivity contribution is -0.121. The minimum absolute atomic E-state index is 0.00615. The molecule has 4 heteroatoms. The molecule has 1 aromatic rings. The molecule has 1 amide bonds. The van der Waals surface area contributed by atoms with Gasteiger partial charge in [-0.15, -0.1) is 0 Å². The second-order valence-electron chi connectivity index (χ2n) is 4.68. The highest BCUT2D eigenvalue weighted by Gasteiger charge is 2.16. The minimum atomic E-state index is -0.104. The fourth-order valence-corrected chi connectivity index (χ4v) is 1.67. The number of carbonyl (C=O) groups excluding carboxylic acids is 1. The first-order valence-corrected chi connectivity index (χ1v) is 6.09. The summed E-state index contributed by atoms with van der Waals surface area (Å²) in [5.74, 6) is 0.353. The predicted molar refractivity (Wildman–Crippen MR) is 70.5 cm³/mol. The molecular formula is C14H21NO3. The van der Waals surface area contributed by atoms with E-state index in [1.165, 1.54) is 0 Å². The van der Waals surface area contributed by atoms with E-state index in [-0.39, 0.29) is 24.1 Å². The Morgan fingerprint density at radius 3 is 2.61 bits per heavy atom. The van der Waals surface area contributed by atoms with Crippen molar-refractivity contribution in [1.82, 2.24) is 5.32 Å². The Hall–Kier alpha value is -1.55. The molecule has 0 fully saturated rings. The van der Waals surface area contributed by atoms with Gasteiger partial charge in [0.15, 0.2) is 0 Å². The van der Waals surface area contributed by atoms with Crippen LogP contribution in [0.3, 0.4) is 0 Å². The zero-order chi connectivity index (χ0) is 13.5. The van der Waals surface area contributed by atoms with E-state index in [4.69, 9.17) is 4.74 Å². The summed E-state index contributed by atoms with van der Waals surface area (Å²) in [6, 6.07) is 6.86. The van der Waals surface area contributed by atoms with Gasteiger partial charge in [-0.2, -0.15) is 0 Å². The van der Waals surface area contributed by atoms with E-state index in [0.29, 0.717) is 18.1 Å². The van der Waals surface area contributed by atoms with Crippen LogP contribution in [-0.4, -0.2) is 30.8 Å². The monoisotopic (exact) mass is 251 g/mol. The lowest BCUT2D eigenvalue weighted by Gasteiger charge is -2.21. The molecule has 1 atom stereocenters. The molecule has 2 N–H and O–H groups in total. The number of methoxy groups -OCH3 is 1. The maximum Gasteiger partial charge on any atom is 0.224 e. The smallest absolute Gasteiger partial charge is 0.224 e. The summed E-state index contributed by atoms with van der Waals surface area (Å²) in [5.41, 5.74) is 0.634. The van der Waals surface area contributed by atoms with Crippen molar-refractivity contribution in [3.63, 3.8) is 0 Å². The lowest BCUT2D eigenvalue weighted by Crippen LogP contribution is -2.42. The minimum Gasteiger partial charge on any atom is -0.508 e. The summed E-state index contributed by atoms with van der Waals surface area (Å²) in [6.07, 6.45) is 0.180. The topological polar surface area (TPSA) is 58.6 Å². The molecule has 0 bridgehead atoms. The third kappa shape index (κ3) is 4.37. The summed E-state index contributed by atoms with van der Waals surface area (Å²) in [6.45, 7) is 4.55. The third-order valence-electron chi connectivity index (χ3n) is 2.84. The van der Waals surface area contributed by atoms with Gasteiger partial charge in [0.2, 0.25) is 5.91 Å². The van der Waals surface area contributed by atoms with Crippen molar-refractivity contribution in [3.05, 3.63) is 29.8 Å². The molecule has 0 aliphatic carbocycles. The van der Waals surface area contributed by atoms with Gasteiger partial charge in [0.1, 0.15) is 5.75 Å². The standard InChI is InChI=1S/C14H21NO3/c1-10(2)12(9-18-3)15-14(17)8-11-6-4-5-7-13(11)16/h4-7,10,12,16H,8-9H2,1-3H3,(H,15,17). The van der Waals surface area contributed by atoms with E-state index in [1.54, 1.807) is 31.4 Å². The van der Waals surface area contributed by atoms with Crippen LogP contribution >= 0.6 is 0 Å². The van der Waals surface area contributed by atoms with Gasteiger partial charge >= 0.3 is 0 Å². The van der Waals surface area contributed by atoms with Gasteiger partial charge in [-0.25, -0.2) is 0 Å². The van der Waals surface area contributed by atoms with E-state index in [0.717, 1.165) is 0 Å². The molecule has 18 heavy (non-hydrogen) atoms. The van der Waals surface area contributed by atoms with Crippen LogP contribution in [0.4, 0.5) is 0 Å². The molecule has 0 aliphatic rings. The fourth-order valence-electron chi connectivity index (χ4n) is 1.67. The fraction of sp³-hybridized carbons (Fsp3) is 0.500. The molecule has 0 aliphatic heterocycles. The number of phenolic OH excluding ortho intramolecular Hbond substituents is 1. The number of benzene rings is 1. The molecule has 0 saturated carbocycles. The van der Waals surface area contributed by atoms with Crippen LogP contribution in [0.5, 0.6) is 5.75 Å². The Balaban J connectivity index is 2.58. The number of hydrogen-bond donors (Lipinski definition) is 2. The van der Waals surface area contributed by atoms with Crippen LogP contribution in [0.25, 0.3) is 0 Å². The van der Waals surface area contributed by atoms with Gasteiger partial charge in [-0.05, 0) is 12.0 Å². The van der Waals surface area contributed by atoms with Gasteiger partial charge in [-0.1, -0.05) is 32.0 Å². The van der Waals surface area contributed by atoms with Crippen molar-refractivity contribution < 1.29 is 14.6 Å². The Bertz CT molecular complexity index is 390. The molecular weight excluding hydrogens is 230 g/mol. The highest BCUT2D eigenvalue weighted by atomic mass is 16.5. The number of nitrogens with one attached hydrogen (secondary N) is 1.